The van der Waals surface area contributed by atoms with E-state index in [1.165, 1.54) is 0 Å². The summed E-state index contributed by atoms with van der Waals surface area (Å²) in [5.41, 5.74) is 1.79. The van der Waals surface area contributed by atoms with Crippen molar-refractivity contribution in [3.05, 3.63) is 35.9 Å². The molecule has 1 heterocycles. The van der Waals surface area contributed by atoms with Gasteiger partial charge < -0.3 is 10.0 Å². The highest BCUT2D eigenvalue weighted by Crippen LogP contribution is 2.26. The summed E-state index contributed by atoms with van der Waals surface area (Å²) in [6.45, 7) is 6.16. The lowest BCUT2D eigenvalue weighted by atomic mass is 10.0. The molecule has 0 aliphatic carbocycles. The van der Waals surface area contributed by atoms with Crippen LogP contribution in [0.15, 0.2) is 30.3 Å². The van der Waals surface area contributed by atoms with Crippen LogP contribution in [0.25, 0.3) is 10.9 Å². The molecule has 3 nitrogen and oxygen atoms in total. The number of likely N-dealkylation sites (N-methyl/N-ethyl adjacent to an activating group) is 1. The number of hydrogen-bond acceptors (Lipinski definition) is 3. The van der Waals surface area contributed by atoms with Crippen LogP contribution >= 0.6 is 0 Å². The quantitative estimate of drug-likeness (QED) is 0.902. The maximum Gasteiger partial charge on any atom is 0.132 e. The van der Waals surface area contributed by atoms with Crippen molar-refractivity contribution in [1.82, 2.24) is 4.98 Å². The van der Waals surface area contributed by atoms with Gasteiger partial charge in [0.05, 0.1) is 17.7 Å². The lowest BCUT2D eigenvalue weighted by Crippen LogP contribution is -2.45. The predicted molar refractivity (Wildman–Crippen MR) is 76.0 cm³/mol. The van der Waals surface area contributed by atoms with Crippen molar-refractivity contribution >= 4 is 16.7 Å². The van der Waals surface area contributed by atoms with Crippen LogP contribution in [0, 0.1) is 6.92 Å². The molecule has 3 heteroatoms. The number of anilines is 1. The van der Waals surface area contributed by atoms with Gasteiger partial charge in [-0.25, -0.2) is 4.98 Å². The normalized spacial score (nSPS) is 11.8. The topological polar surface area (TPSA) is 36.4 Å². The third-order valence-corrected chi connectivity index (χ3v) is 3.50. The molecule has 1 aromatic heterocycles. The number of aromatic nitrogens is 1. The number of aryl methyl sites for hydroxylation is 1. The minimum Gasteiger partial charge on any atom is -0.394 e. The minimum atomic E-state index is -0.319. The van der Waals surface area contributed by atoms with Crippen molar-refractivity contribution in [3.8, 4) is 0 Å². The summed E-state index contributed by atoms with van der Waals surface area (Å²) in [6.07, 6.45) is 0. The van der Waals surface area contributed by atoms with Crippen LogP contribution in [-0.2, 0) is 0 Å². The van der Waals surface area contributed by atoms with E-state index in [-0.39, 0.29) is 12.1 Å². The molecule has 0 fully saturated rings. The van der Waals surface area contributed by atoms with E-state index in [2.05, 4.69) is 19.1 Å². The van der Waals surface area contributed by atoms with Gasteiger partial charge in [-0.3, -0.25) is 0 Å². The number of aliphatic hydroxyl groups excluding tert-OH is 1. The number of nitrogens with zero attached hydrogens (tertiary/aromatic N) is 2. The first-order valence-electron chi connectivity index (χ1n) is 6.17. The van der Waals surface area contributed by atoms with Gasteiger partial charge in [0.15, 0.2) is 0 Å². The van der Waals surface area contributed by atoms with Crippen molar-refractivity contribution in [2.24, 2.45) is 0 Å². The molecule has 0 saturated carbocycles. The van der Waals surface area contributed by atoms with Gasteiger partial charge in [0, 0.05) is 12.4 Å². The molecule has 1 N–H and O–H groups in total. The molecule has 0 saturated heterocycles. The zero-order chi connectivity index (χ0) is 13.3. The Bertz CT molecular complexity index is 563. The highest BCUT2D eigenvalue weighted by atomic mass is 16.3. The Morgan fingerprint density at radius 1 is 1.28 bits per heavy atom. The third-order valence-electron chi connectivity index (χ3n) is 3.50. The van der Waals surface area contributed by atoms with Gasteiger partial charge in [-0.2, -0.15) is 0 Å². The molecule has 0 spiro atoms. The summed E-state index contributed by atoms with van der Waals surface area (Å²) in [7, 11) is 1.97. The Labute approximate surface area is 108 Å². The van der Waals surface area contributed by atoms with Crippen LogP contribution in [0.5, 0.6) is 0 Å². The minimum absolute atomic E-state index is 0.0947. The molecule has 18 heavy (non-hydrogen) atoms. The van der Waals surface area contributed by atoms with Gasteiger partial charge in [0.25, 0.3) is 0 Å². The van der Waals surface area contributed by atoms with Gasteiger partial charge in [-0.15, -0.1) is 0 Å². The van der Waals surface area contributed by atoms with E-state index in [0.29, 0.717) is 0 Å². The summed E-state index contributed by atoms with van der Waals surface area (Å²) in [5.74, 6) is 0.924. The second-order valence-electron chi connectivity index (χ2n) is 5.35. The first-order valence-corrected chi connectivity index (χ1v) is 6.17. The van der Waals surface area contributed by atoms with E-state index in [4.69, 9.17) is 4.98 Å². The van der Waals surface area contributed by atoms with E-state index in [1.807, 2.05) is 44.0 Å². The molecule has 0 amide bonds. The van der Waals surface area contributed by atoms with Gasteiger partial charge in [-0.05, 0) is 38.5 Å². The number of fused-ring (bicyclic) bond motifs is 1. The van der Waals surface area contributed by atoms with Crippen LogP contribution < -0.4 is 4.90 Å². The molecule has 0 atom stereocenters. The SMILES string of the molecule is Cc1cc2ccccc2nc1N(C)C(C)(C)CO. The average Bonchev–Trinajstić information content (AvgIpc) is 2.37. The Balaban J connectivity index is 2.54. The number of aliphatic hydroxyl groups is 1. The fourth-order valence-electron chi connectivity index (χ4n) is 1.94. The monoisotopic (exact) mass is 244 g/mol. The lowest BCUT2D eigenvalue weighted by molar-refractivity contribution is 0.215. The highest BCUT2D eigenvalue weighted by Gasteiger charge is 2.24. The van der Waals surface area contributed by atoms with Crippen LogP contribution in [0.4, 0.5) is 5.82 Å². The highest BCUT2D eigenvalue weighted by molar-refractivity contribution is 5.81. The van der Waals surface area contributed by atoms with E-state index in [1.54, 1.807) is 0 Å². The smallest absolute Gasteiger partial charge is 0.132 e. The maximum absolute atomic E-state index is 9.46. The largest absolute Gasteiger partial charge is 0.394 e. The molecule has 0 unspecified atom stereocenters. The second kappa shape index (κ2) is 4.58. The zero-order valence-electron chi connectivity index (χ0n) is 11.4. The number of benzene rings is 1. The number of pyridine rings is 1. The molecule has 2 aromatic rings. The van der Waals surface area contributed by atoms with Crippen LogP contribution in [0.2, 0.25) is 0 Å². The van der Waals surface area contributed by atoms with Crippen molar-refractivity contribution in [3.63, 3.8) is 0 Å². The van der Waals surface area contributed by atoms with Crippen LogP contribution in [0.3, 0.4) is 0 Å². The fourth-order valence-corrected chi connectivity index (χ4v) is 1.94. The van der Waals surface area contributed by atoms with Gasteiger partial charge in [-0.1, -0.05) is 18.2 Å². The molecule has 0 aliphatic rings. The van der Waals surface area contributed by atoms with Crippen LogP contribution in [-0.4, -0.2) is 29.3 Å². The summed E-state index contributed by atoms with van der Waals surface area (Å²) in [5, 5.41) is 10.6. The van der Waals surface area contributed by atoms with E-state index >= 15 is 0 Å². The zero-order valence-corrected chi connectivity index (χ0v) is 11.4. The third kappa shape index (κ3) is 2.18. The second-order valence-corrected chi connectivity index (χ2v) is 5.35. The Morgan fingerprint density at radius 3 is 2.61 bits per heavy atom. The molecule has 0 radical (unpaired) electrons. The molecule has 96 valence electrons. The first kappa shape index (κ1) is 12.8. The van der Waals surface area contributed by atoms with Gasteiger partial charge in [0.1, 0.15) is 5.82 Å². The van der Waals surface area contributed by atoms with Crippen LogP contribution in [0.1, 0.15) is 19.4 Å². The van der Waals surface area contributed by atoms with Gasteiger partial charge in [0.2, 0.25) is 0 Å². The van der Waals surface area contributed by atoms with E-state index in [0.717, 1.165) is 22.3 Å². The van der Waals surface area contributed by atoms with Crippen molar-refractivity contribution in [1.29, 1.82) is 0 Å². The molecule has 0 bridgehead atoms. The lowest BCUT2D eigenvalue weighted by Gasteiger charge is -2.35. The standard InChI is InChI=1S/C15H20N2O/c1-11-9-12-7-5-6-8-13(12)16-14(11)17(4)15(2,3)10-18/h5-9,18H,10H2,1-4H3. The van der Waals surface area contributed by atoms with E-state index < -0.39 is 0 Å². The predicted octanol–water partition coefficient (Wildman–Crippen LogP) is 2.75. The molecular formula is C15H20N2O. The summed E-state index contributed by atoms with van der Waals surface area (Å²) in [4.78, 5) is 6.74. The summed E-state index contributed by atoms with van der Waals surface area (Å²) >= 11 is 0. The average molecular weight is 244 g/mol. The van der Waals surface area contributed by atoms with Gasteiger partial charge >= 0.3 is 0 Å². The summed E-state index contributed by atoms with van der Waals surface area (Å²) < 4.78 is 0. The molecule has 0 aliphatic heterocycles. The Kier molecular flexibility index (Phi) is 3.26. The fraction of sp³-hybridized carbons (Fsp3) is 0.400. The number of rotatable bonds is 3. The number of para-hydroxylation sites is 1. The van der Waals surface area contributed by atoms with Crippen molar-refractivity contribution < 1.29 is 5.11 Å². The van der Waals surface area contributed by atoms with Crippen molar-refractivity contribution in [2.75, 3.05) is 18.6 Å². The molecule has 2 rings (SSSR count). The molecule has 1 aromatic carbocycles. The maximum atomic E-state index is 9.46. The van der Waals surface area contributed by atoms with E-state index in [9.17, 15) is 5.11 Å². The van der Waals surface area contributed by atoms with Crippen molar-refractivity contribution in [2.45, 2.75) is 26.3 Å². The molecular weight excluding hydrogens is 224 g/mol. The first-order chi connectivity index (χ1) is 8.45. The number of hydrogen-bond donors (Lipinski definition) is 1. The Hall–Kier alpha value is -1.61. The Morgan fingerprint density at radius 2 is 1.94 bits per heavy atom. The summed E-state index contributed by atoms with van der Waals surface area (Å²) in [6, 6.07) is 10.2.